The Kier molecular flexibility index (Phi) is 3.47. The molecular weight excluding hydrogens is 194 g/mol. The molecule has 3 N–H and O–H groups in total. The van der Waals surface area contributed by atoms with Crippen LogP contribution in [0.15, 0.2) is 12.4 Å². The third-order valence-electron chi connectivity index (χ3n) is 2.46. The van der Waals surface area contributed by atoms with Crippen LogP contribution in [0.1, 0.15) is 38.6 Å². The Bertz CT molecular complexity index is 346. The van der Waals surface area contributed by atoms with E-state index in [0.29, 0.717) is 0 Å². The fourth-order valence-corrected chi connectivity index (χ4v) is 1.50. The van der Waals surface area contributed by atoms with Crippen LogP contribution in [-0.4, -0.2) is 26.7 Å². The van der Waals surface area contributed by atoms with Crippen LogP contribution < -0.4 is 5.73 Å². The molecule has 0 spiro atoms. The summed E-state index contributed by atoms with van der Waals surface area (Å²) in [5.74, 6) is 0.119. The SMILES string of the molecule is CC(C)c1nccn1C(C)C(N)C(=O)O. The number of hydrogen-bond donors (Lipinski definition) is 2. The molecule has 0 aliphatic rings. The lowest BCUT2D eigenvalue weighted by atomic mass is 10.1. The molecule has 0 saturated carbocycles. The Hall–Kier alpha value is -1.36. The maximum Gasteiger partial charge on any atom is 0.322 e. The van der Waals surface area contributed by atoms with Gasteiger partial charge in [0.15, 0.2) is 0 Å². The molecular formula is C10H17N3O2. The van der Waals surface area contributed by atoms with E-state index in [-0.39, 0.29) is 12.0 Å². The Morgan fingerprint density at radius 1 is 1.53 bits per heavy atom. The van der Waals surface area contributed by atoms with Gasteiger partial charge in [-0.2, -0.15) is 0 Å². The summed E-state index contributed by atoms with van der Waals surface area (Å²) >= 11 is 0. The minimum atomic E-state index is -0.995. The normalized spacial score (nSPS) is 15.3. The van der Waals surface area contributed by atoms with Gasteiger partial charge in [0, 0.05) is 18.3 Å². The number of carboxylic acid groups (broad SMARTS) is 1. The molecule has 0 radical (unpaired) electrons. The van der Waals surface area contributed by atoms with E-state index < -0.39 is 12.0 Å². The van der Waals surface area contributed by atoms with Crippen molar-refractivity contribution in [3.05, 3.63) is 18.2 Å². The minimum Gasteiger partial charge on any atom is -0.480 e. The highest BCUT2D eigenvalue weighted by atomic mass is 16.4. The zero-order valence-electron chi connectivity index (χ0n) is 9.21. The molecule has 2 unspecified atom stereocenters. The molecule has 5 heteroatoms. The minimum absolute atomic E-state index is 0.253. The van der Waals surface area contributed by atoms with Crippen molar-refractivity contribution in [1.29, 1.82) is 0 Å². The summed E-state index contributed by atoms with van der Waals surface area (Å²) in [5.41, 5.74) is 5.57. The van der Waals surface area contributed by atoms with Crippen LogP contribution in [0.25, 0.3) is 0 Å². The predicted octanol–water partition coefficient (Wildman–Crippen LogP) is 0.979. The lowest BCUT2D eigenvalue weighted by Crippen LogP contribution is -2.38. The average Bonchev–Trinajstić information content (AvgIpc) is 2.63. The van der Waals surface area contributed by atoms with E-state index in [0.717, 1.165) is 5.82 Å². The van der Waals surface area contributed by atoms with Crippen LogP contribution in [-0.2, 0) is 4.79 Å². The molecule has 0 bridgehead atoms. The highest BCUT2D eigenvalue weighted by Crippen LogP contribution is 2.18. The Labute approximate surface area is 88.9 Å². The number of nitrogens with two attached hydrogens (primary N) is 1. The van der Waals surface area contributed by atoms with Crippen LogP contribution in [0.2, 0.25) is 0 Å². The zero-order valence-corrected chi connectivity index (χ0v) is 9.21. The Morgan fingerprint density at radius 3 is 2.60 bits per heavy atom. The van der Waals surface area contributed by atoms with Crippen LogP contribution in [0, 0.1) is 0 Å². The molecule has 1 heterocycles. The van der Waals surface area contributed by atoms with E-state index in [9.17, 15) is 4.79 Å². The number of imidazole rings is 1. The van der Waals surface area contributed by atoms with Crippen molar-refractivity contribution in [3.63, 3.8) is 0 Å². The maximum atomic E-state index is 10.8. The van der Waals surface area contributed by atoms with Gasteiger partial charge in [0.1, 0.15) is 11.9 Å². The first-order valence-corrected chi connectivity index (χ1v) is 4.96. The molecule has 0 aliphatic heterocycles. The van der Waals surface area contributed by atoms with E-state index in [1.54, 1.807) is 19.3 Å². The molecule has 0 fully saturated rings. The van der Waals surface area contributed by atoms with Gasteiger partial charge < -0.3 is 15.4 Å². The molecule has 0 amide bonds. The second kappa shape index (κ2) is 4.44. The Balaban J connectivity index is 2.95. The number of aliphatic carboxylic acids is 1. The molecule has 0 saturated heterocycles. The first-order valence-electron chi connectivity index (χ1n) is 4.96. The molecule has 2 atom stereocenters. The van der Waals surface area contributed by atoms with Gasteiger partial charge >= 0.3 is 5.97 Å². The van der Waals surface area contributed by atoms with Crippen molar-refractivity contribution < 1.29 is 9.90 Å². The van der Waals surface area contributed by atoms with Gasteiger partial charge in [-0.3, -0.25) is 4.79 Å². The largest absolute Gasteiger partial charge is 0.480 e. The fourth-order valence-electron chi connectivity index (χ4n) is 1.50. The number of hydrogen-bond acceptors (Lipinski definition) is 3. The molecule has 5 nitrogen and oxygen atoms in total. The van der Waals surface area contributed by atoms with E-state index in [2.05, 4.69) is 4.98 Å². The standard InChI is InChI=1S/C10H17N3O2/c1-6(2)9-12-4-5-13(9)7(3)8(11)10(14)15/h4-8H,11H2,1-3H3,(H,14,15). The van der Waals surface area contributed by atoms with Gasteiger partial charge in [0.25, 0.3) is 0 Å². The maximum absolute atomic E-state index is 10.8. The third-order valence-corrected chi connectivity index (χ3v) is 2.46. The van der Waals surface area contributed by atoms with Gasteiger partial charge in [-0.05, 0) is 6.92 Å². The monoisotopic (exact) mass is 211 g/mol. The summed E-state index contributed by atoms with van der Waals surface area (Å²) in [5, 5.41) is 8.82. The molecule has 1 aromatic heterocycles. The topological polar surface area (TPSA) is 81.1 Å². The summed E-state index contributed by atoms with van der Waals surface area (Å²) in [7, 11) is 0. The summed E-state index contributed by atoms with van der Waals surface area (Å²) in [6.45, 7) is 5.81. The molecule has 0 aliphatic carbocycles. The molecule has 1 aromatic rings. The van der Waals surface area contributed by atoms with Crippen molar-refractivity contribution in [2.75, 3.05) is 0 Å². The van der Waals surface area contributed by atoms with Gasteiger partial charge in [-0.25, -0.2) is 4.98 Å². The fraction of sp³-hybridized carbons (Fsp3) is 0.600. The quantitative estimate of drug-likeness (QED) is 0.777. The molecule has 0 aromatic carbocycles. The van der Waals surface area contributed by atoms with Crippen LogP contribution in [0.4, 0.5) is 0 Å². The number of carboxylic acids is 1. The van der Waals surface area contributed by atoms with Crippen molar-refractivity contribution in [1.82, 2.24) is 9.55 Å². The van der Waals surface area contributed by atoms with Gasteiger partial charge in [-0.1, -0.05) is 13.8 Å². The second-order valence-electron chi connectivity index (χ2n) is 3.95. The van der Waals surface area contributed by atoms with Crippen molar-refractivity contribution in [3.8, 4) is 0 Å². The van der Waals surface area contributed by atoms with Crippen molar-refractivity contribution in [2.45, 2.75) is 38.8 Å². The van der Waals surface area contributed by atoms with E-state index in [1.807, 2.05) is 18.4 Å². The summed E-state index contributed by atoms with van der Waals surface area (Å²) in [4.78, 5) is 15.0. The Morgan fingerprint density at radius 2 is 2.13 bits per heavy atom. The summed E-state index contributed by atoms with van der Waals surface area (Å²) < 4.78 is 1.82. The van der Waals surface area contributed by atoms with Crippen LogP contribution in [0.5, 0.6) is 0 Å². The molecule has 84 valence electrons. The number of aromatic nitrogens is 2. The van der Waals surface area contributed by atoms with E-state index >= 15 is 0 Å². The van der Waals surface area contributed by atoms with Gasteiger partial charge in [-0.15, -0.1) is 0 Å². The number of rotatable bonds is 4. The van der Waals surface area contributed by atoms with E-state index in [1.165, 1.54) is 0 Å². The van der Waals surface area contributed by atoms with E-state index in [4.69, 9.17) is 10.8 Å². The zero-order chi connectivity index (χ0) is 11.6. The van der Waals surface area contributed by atoms with Crippen LogP contribution >= 0.6 is 0 Å². The average molecular weight is 211 g/mol. The smallest absolute Gasteiger partial charge is 0.322 e. The first kappa shape index (κ1) is 11.7. The highest BCUT2D eigenvalue weighted by molar-refractivity contribution is 5.73. The van der Waals surface area contributed by atoms with Crippen LogP contribution in [0.3, 0.4) is 0 Å². The van der Waals surface area contributed by atoms with Crippen molar-refractivity contribution in [2.24, 2.45) is 5.73 Å². The lowest BCUT2D eigenvalue weighted by Gasteiger charge is -2.21. The van der Waals surface area contributed by atoms with Gasteiger partial charge in [0.2, 0.25) is 0 Å². The third kappa shape index (κ3) is 2.36. The molecule has 1 rings (SSSR count). The predicted molar refractivity (Wildman–Crippen MR) is 56.6 cm³/mol. The highest BCUT2D eigenvalue weighted by Gasteiger charge is 2.23. The second-order valence-corrected chi connectivity index (χ2v) is 3.95. The summed E-state index contributed by atoms with van der Waals surface area (Å²) in [6.07, 6.45) is 3.43. The number of nitrogens with zero attached hydrogens (tertiary/aromatic N) is 2. The lowest BCUT2D eigenvalue weighted by molar-refractivity contribution is -0.139. The number of carbonyl (C=O) groups is 1. The molecule has 15 heavy (non-hydrogen) atoms. The first-order chi connectivity index (χ1) is 6.95. The van der Waals surface area contributed by atoms with Crippen molar-refractivity contribution >= 4 is 5.97 Å². The summed E-state index contributed by atoms with van der Waals surface area (Å²) in [6, 6.07) is -1.20. The van der Waals surface area contributed by atoms with Gasteiger partial charge in [0.05, 0.1) is 6.04 Å².